The lowest BCUT2D eigenvalue weighted by Crippen LogP contribution is -1.81. The Bertz CT molecular complexity index is 647. The summed E-state index contributed by atoms with van der Waals surface area (Å²) in [6, 6.07) is 13.8. The Kier molecular flexibility index (Phi) is 3.75. The van der Waals surface area contributed by atoms with Gasteiger partial charge in [-0.15, -0.1) is 0 Å². The molecule has 0 heterocycles. The predicted octanol–water partition coefficient (Wildman–Crippen LogP) is 4.21. The highest BCUT2D eigenvalue weighted by Gasteiger charge is 1.99. The summed E-state index contributed by atoms with van der Waals surface area (Å²) in [7, 11) is 0. The van der Waals surface area contributed by atoms with Gasteiger partial charge in [0.2, 0.25) is 6.20 Å². The van der Waals surface area contributed by atoms with Crippen LogP contribution < -0.4 is 0 Å². The maximum absolute atomic E-state index is 10.1. The first-order valence-corrected chi connectivity index (χ1v) is 5.71. The van der Waals surface area contributed by atoms with Crippen molar-refractivity contribution >= 4 is 27.4 Å². The molecule has 90 valence electrons. The monoisotopic (exact) mass is 259 g/mol. The maximum atomic E-state index is 10.1. The fraction of sp³-hybridized carbons (Fsp3) is 0. The third-order valence-electron chi connectivity index (χ3n) is 2.48. The van der Waals surface area contributed by atoms with E-state index < -0.39 is 4.92 Å². The molecule has 0 aliphatic heterocycles. The molecule has 18 heavy (non-hydrogen) atoms. The van der Waals surface area contributed by atoms with E-state index in [1.807, 2.05) is 42.5 Å². The van der Waals surface area contributed by atoms with Gasteiger partial charge in [0.1, 0.15) is 0 Å². The van der Waals surface area contributed by atoms with Crippen LogP contribution in [-0.4, -0.2) is 4.92 Å². The van der Waals surface area contributed by atoms with Gasteiger partial charge in [0.25, 0.3) is 0 Å². The summed E-state index contributed by atoms with van der Waals surface area (Å²) in [5, 5.41) is 12.8. The topological polar surface area (TPSA) is 43.1 Å². The first-order chi connectivity index (χ1) is 8.66. The zero-order chi connectivity index (χ0) is 13.0. The summed E-state index contributed by atoms with van der Waals surface area (Å²) in [5.74, 6) is 0. The number of rotatable bonds is 3. The Labute approximate surface area is 109 Å². The number of benzene rings is 2. The van der Waals surface area contributed by atoms with E-state index in [-0.39, 0.29) is 0 Å². The molecule has 0 fully saturated rings. The van der Waals surface area contributed by atoms with E-state index >= 15 is 0 Å². The number of halogens is 1. The van der Waals surface area contributed by atoms with Crippen molar-refractivity contribution in [2.24, 2.45) is 0 Å². The van der Waals surface area contributed by atoms with Gasteiger partial charge in [-0.2, -0.15) is 0 Å². The van der Waals surface area contributed by atoms with Gasteiger partial charge in [0, 0.05) is 11.1 Å². The molecule has 0 atom stereocenters. The molecule has 0 unspecified atom stereocenters. The SMILES string of the molecule is O=[N+]([O-])C=CC=C(Cl)c1ccc2ccccc2c1. The number of hydrogen-bond donors (Lipinski definition) is 0. The molecule has 0 saturated carbocycles. The van der Waals surface area contributed by atoms with Gasteiger partial charge in [-0.05, 0) is 28.5 Å². The second kappa shape index (κ2) is 5.47. The molecular formula is C14H10ClNO2. The van der Waals surface area contributed by atoms with E-state index in [9.17, 15) is 10.1 Å². The number of nitrogens with zero attached hydrogens (tertiary/aromatic N) is 1. The molecule has 2 aromatic carbocycles. The van der Waals surface area contributed by atoms with Gasteiger partial charge in [-0.3, -0.25) is 10.1 Å². The summed E-state index contributed by atoms with van der Waals surface area (Å²) in [6.07, 6.45) is 3.68. The van der Waals surface area contributed by atoms with Gasteiger partial charge in [-0.25, -0.2) is 0 Å². The van der Waals surface area contributed by atoms with Crippen LogP contribution in [0.5, 0.6) is 0 Å². The van der Waals surface area contributed by atoms with Gasteiger partial charge in [-0.1, -0.05) is 48.0 Å². The fourth-order valence-electron chi connectivity index (χ4n) is 1.63. The Balaban J connectivity index is 2.33. The largest absolute Gasteiger partial charge is 0.259 e. The van der Waals surface area contributed by atoms with Crippen molar-refractivity contribution < 1.29 is 4.92 Å². The first-order valence-electron chi connectivity index (χ1n) is 5.33. The van der Waals surface area contributed by atoms with E-state index in [4.69, 9.17) is 11.6 Å². The number of hydrogen-bond acceptors (Lipinski definition) is 2. The van der Waals surface area contributed by atoms with Gasteiger partial charge in [0.15, 0.2) is 0 Å². The van der Waals surface area contributed by atoms with Crippen LogP contribution in [0.15, 0.2) is 60.8 Å². The third-order valence-corrected chi connectivity index (χ3v) is 2.82. The molecule has 0 radical (unpaired) electrons. The molecule has 0 aliphatic rings. The zero-order valence-electron chi connectivity index (χ0n) is 9.42. The molecule has 0 aromatic heterocycles. The van der Waals surface area contributed by atoms with E-state index in [0.717, 1.165) is 22.5 Å². The molecule has 0 N–H and O–H groups in total. The standard InChI is InChI=1S/C14H10ClNO2/c15-14(6-3-9-16(17)18)13-8-7-11-4-1-2-5-12(11)10-13/h1-10H. The fourth-order valence-corrected chi connectivity index (χ4v) is 1.82. The minimum atomic E-state index is -0.527. The summed E-state index contributed by atoms with van der Waals surface area (Å²) in [6.45, 7) is 0. The molecular weight excluding hydrogens is 250 g/mol. The highest BCUT2D eigenvalue weighted by atomic mass is 35.5. The molecule has 2 rings (SSSR count). The van der Waals surface area contributed by atoms with E-state index in [1.54, 1.807) is 0 Å². The van der Waals surface area contributed by atoms with E-state index in [2.05, 4.69) is 0 Å². The van der Waals surface area contributed by atoms with Crippen LogP contribution in [0.2, 0.25) is 0 Å². The van der Waals surface area contributed by atoms with Crippen molar-refractivity contribution in [1.82, 2.24) is 0 Å². The van der Waals surface area contributed by atoms with Crippen LogP contribution in [0.1, 0.15) is 5.56 Å². The van der Waals surface area contributed by atoms with E-state index in [0.29, 0.717) is 5.03 Å². The molecule has 0 amide bonds. The summed E-state index contributed by atoms with van der Waals surface area (Å²) < 4.78 is 0. The highest BCUT2D eigenvalue weighted by Crippen LogP contribution is 2.23. The quantitative estimate of drug-likeness (QED) is 0.471. The Morgan fingerprint density at radius 3 is 2.61 bits per heavy atom. The van der Waals surface area contributed by atoms with Crippen LogP contribution >= 0.6 is 11.6 Å². The summed E-state index contributed by atoms with van der Waals surface area (Å²) in [4.78, 5) is 9.61. The smallest absolute Gasteiger partial charge is 0.234 e. The van der Waals surface area contributed by atoms with Gasteiger partial charge >= 0.3 is 0 Å². The van der Waals surface area contributed by atoms with Crippen molar-refractivity contribution in [3.05, 3.63) is 76.5 Å². The Morgan fingerprint density at radius 2 is 1.89 bits per heavy atom. The number of nitro groups is 1. The minimum Gasteiger partial charge on any atom is -0.259 e. The Morgan fingerprint density at radius 1 is 1.17 bits per heavy atom. The molecule has 0 spiro atoms. The maximum Gasteiger partial charge on any atom is 0.234 e. The van der Waals surface area contributed by atoms with Crippen molar-refractivity contribution in [2.45, 2.75) is 0 Å². The number of allylic oxidation sites excluding steroid dienone is 2. The average Bonchev–Trinajstić information content (AvgIpc) is 2.37. The van der Waals surface area contributed by atoms with Crippen LogP contribution in [0.25, 0.3) is 15.8 Å². The minimum absolute atomic E-state index is 0.471. The van der Waals surface area contributed by atoms with Crippen molar-refractivity contribution in [3.63, 3.8) is 0 Å². The summed E-state index contributed by atoms with van der Waals surface area (Å²) in [5.41, 5.74) is 0.836. The highest BCUT2D eigenvalue weighted by molar-refractivity contribution is 6.49. The van der Waals surface area contributed by atoms with Crippen LogP contribution in [0.3, 0.4) is 0 Å². The van der Waals surface area contributed by atoms with Crippen molar-refractivity contribution in [2.75, 3.05) is 0 Å². The second-order valence-corrected chi connectivity index (χ2v) is 4.11. The molecule has 0 saturated heterocycles. The first kappa shape index (κ1) is 12.3. The van der Waals surface area contributed by atoms with Gasteiger partial charge in [0.05, 0.1) is 4.92 Å². The normalized spacial score (nSPS) is 12.2. The molecule has 0 bridgehead atoms. The van der Waals surface area contributed by atoms with Gasteiger partial charge < -0.3 is 0 Å². The molecule has 2 aromatic rings. The molecule has 4 heteroatoms. The lowest BCUT2D eigenvalue weighted by atomic mass is 10.1. The Hall–Kier alpha value is -2.13. The third kappa shape index (κ3) is 2.96. The number of fused-ring (bicyclic) bond motifs is 1. The molecule has 3 nitrogen and oxygen atoms in total. The zero-order valence-corrected chi connectivity index (χ0v) is 10.2. The predicted molar refractivity (Wildman–Crippen MR) is 73.9 cm³/mol. The molecule has 0 aliphatic carbocycles. The van der Waals surface area contributed by atoms with E-state index in [1.165, 1.54) is 12.2 Å². The van der Waals surface area contributed by atoms with Crippen molar-refractivity contribution in [3.8, 4) is 0 Å². The van der Waals surface area contributed by atoms with Crippen molar-refractivity contribution in [1.29, 1.82) is 0 Å². The summed E-state index contributed by atoms with van der Waals surface area (Å²) >= 11 is 6.08. The average molecular weight is 260 g/mol. The lowest BCUT2D eigenvalue weighted by molar-refractivity contribution is -0.402. The second-order valence-electron chi connectivity index (χ2n) is 3.70. The van der Waals surface area contributed by atoms with Crippen LogP contribution in [0.4, 0.5) is 0 Å². The lowest BCUT2D eigenvalue weighted by Gasteiger charge is -2.01. The van der Waals surface area contributed by atoms with Crippen LogP contribution in [0, 0.1) is 10.1 Å². The van der Waals surface area contributed by atoms with Crippen LogP contribution in [-0.2, 0) is 0 Å².